The monoisotopic (exact) mass is 235 g/mol. The van der Waals surface area contributed by atoms with Gasteiger partial charge in [0.1, 0.15) is 5.78 Å². The zero-order valence-electron chi connectivity index (χ0n) is 9.90. The van der Waals surface area contributed by atoms with Crippen molar-refractivity contribution < 1.29 is 14.7 Å². The molecule has 0 saturated carbocycles. The Hall–Kier alpha value is -1.68. The number of aromatic carboxylic acids is 1. The van der Waals surface area contributed by atoms with E-state index in [2.05, 4.69) is 5.32 Å². The van der Waals surface area contributed by atoms with Gasteiger partial charge in [0.2, 0.25) is 0 Å². The van der Waals surface area contributed by atoms with E-state index in [9.17, 15) is 9.59 Å². The first-order valence-corrected chi connectivity index (χ1v) is 5.62. The van der Waals surface area contributed by atoms with Crippen LogP contribution in [-0.2, 0) is 4.79 Å². The Balaban J connectivity index is 0.000000181. The molecular weight excluding hydrogens is 218 g/mol. The second kappa shape index (κ2) is 6.81. The quantitative estimate of drug-likeness (QED) is 0.776. The third-order valence-electron chi connectivity index (χ3n) is 2.54. The summed E-state index contributed by atoms with van der Waals surface area (Å²) in [5.41, 5.74) is 1.18. The van der Waals surface area contributed by atoms with Crippen molar-refractivity contribution in [2.24, 2.45) is 0 Å². The van der Waals surface area contributed by atoms with Crippen LogP contribution in [0.15, 0.2) is 24.3 Å². The summed E-state index contributed by atoms with van der Waals surface area (Å²) in [6.07, 6.45) is 1.47. The van der Waals surface area contributed by atoms with Gasteiger partial charge < -0.3 is 10.4 Å². The second-order valence-corrected chi connectivity index (χ2v) is 3.91. The molecule has 0 unspecified atom stereocenters. The van der Waals surface area contributed by atoms with Crippen LogP contribution >= 0.6 is 0 Å². The molecule has 0 aromatic heterocycles. The molecule has 92 valence electrons. The van der Waals surface area contributed by atoms with Gasteiger partial charge >= 0.3 is 5.97 Å². The zero-order valence-corrected chi connectivity index (χ0v) is 9.90. The third kappa shape index (κ3) is 4.78. The van der Waals surface area contributed by atoms with Crippen molar-refractivity contribution in [3.8, 4) is 0 Å². The highest BCUT2D eigenvalue weighted by Gasteiger charge is 2.05. The largest absolute Gasteiger partial charge is 0.478 e. The van der Waals surface area contributed by atoms with Gasteiger partial charge in [-0.2, -0.15) is 0 Å². The van der Waals surface area contributed by atoms with E-state index in [1.54, 1.807) is 25.1 Å². The number of carbonyl (C=O) groups is 2. The minimum atomic E-state index is -0.863. The van der Waals surface area contributed by atoms with E-state index >= 15 is 0 Å². The minimum absolute atomic E-state index is 0.377. The Morgan fingerprint density at radius 1 is 1.24 bits per heavy atom. The van der Waals surface area contributed by atoms with Crippen LogP contribution in [-0.4, -0.2) is 29.9 Å². The minimum Gasteiger partial charge on any atom is -0.478 e. The number of carboxylic acid groups (broad SMARTS) is 1. The number of hydrogen-bond donors (Lipinski definition) is 2. The van der Waals surface area contributed by atoms with Gasteiger partial charge in [-0.1, -0.05) is 18.2 Å². The lowest BCUT2D eigenvalue weighted by Crippen LogP contribution is -2.27. The molecule has 1 aliphatic heterocycles. The first kappa shape index (κ1) is 13.4. The predicted octanol–water partition coefficient (Wildman–Crippen LogP) is 1.63. The van der Waals surface area contributed by atoms with E-state index in [0.717, 1.165) is 31.5 Å². The second-order valence-electron chi connectivity index (χ2n) is 3.91. The molecule has 0 amide bonds. The lowest BCUT2D eigenvalue weighted by Gasteiger charge is -2.08. The number of rotatable bonds is 1. The molecule has 0 spiro atoms. The summed E-state index contributed by atoms with van der Waals surface area (Å²) in [4.78, 5) is 20.8. The molecule has 0 aliphatic carbocycles. The molecule has 1 aromatic carbocycles. The van der Waals surface area contributed by atoms with Crippen LogP contribution < -0.4 is 5.32 Å². The molecular formula is C13H17NO3. The standard InChI is InChI=1S/C8H8O2.C5H9NO/c1-6-4-2-3-5-7(6)8(9)10;7-5-1-3-6-4-2-5/h2-5H,1H3,(H,9,10);6H,1-4H2. The van der Waals surface area contributed by atoms with Crippen molar-refractivity contribution in [1.82, 2.24) is 5.32 Å². The van der Waals surface area contributed by atoms with Crippen LogP contribution in [0, 0.1) is 6.92 Å². The number of aryl methyl sites for hydroxylation is 1. The number of benzene rings is 1. The summed E-state index contributed by atoms with van der Waals surface area (Å²) in [7, 11) is 0. The van der Waals surface area contributed by atoms with Gasteiger partial charge in [0, 0.05) is 25.9 Å². The summed E-state index contributed by atoms with van der Waals surface area (Å²) in [6, 6.07) is 6.92. The first-order chi connectivity index (χ1) is 8.11. The van der Waals surface area contributed by atoms with Crippen LogP contribution in [0.5, 0.6) is 0 Å². The molecule has 4 heteroatoms. The number of hydrogen-bond acceptors (Lipinski definition) is 3. The van der Waals surface area contributed by atoms with E-state index in [0.29, 0.717) is 11.3 Å². The molecule has 2 N–H and O–H groups in total. The Kier molecular flexibility index (Phi) is 5.36. The van der Waals surface area contributed by atoms with Gasteiger partial charge in [-0.05, 0) is 18.6 Å². The van der Waals surface area contributed by atoms with E-state index in [-0.39, 0.29) is 0 Å². The third-order valence-corrected chi connectivity index (χ3v) is 2.54. The van der Waals surface area contributed by atoms with Crippen LogP contribution in [0.4, 0.5) is 0 Å². The fourth-order valence-electron chi connectivity index (χ4n) is 1.52. The van der Waals surface area contributed by atoms with Crippen molar-refractivity contribution in [1.29, 1.82) is 0 Å². The van der Waals surface area contributed by atoms with E-state index in [1.807, 2.05) is 6.07 Å². The van der Waals surface area contributed by atoms with Crippen LogP contribution in [0.25, 0.3) is 0 Å². The molecule has 4 nitrogen and oxygen atoms in total. The fourth-order valence-corrected chi connectivity index (χ4v) is 1.52. The molecule has 1 fully saturated rings. The molecule has 1 heterocycles. The maximum Gasteiger partial charge on any atom is 0.335 e. The summed E-state index contributed by atoms with van der Waals surface area (Å²) in [5.74, 6) is -0.461. The number of nitrogens with one attached hydrogen (secondary N) is 1. The number of carboxylic acids is 1. The zero-order chi connectivity index (χ0) is 12.7. The normalized spacial score (nSPS) is 14.8. The van der Waals surface area contributed by atoms with Gasteiger partial charge in [-0.3, -0.25) is 4.79 Å². The average molecular weight is 235 g/mol. The SMILES string of the molecule is Cc1ccccc1C(=O)O.O=C1CCNCC1. The molecule has 1 aliphatic rings. The van der Waals surface area contributed by atoms with Crippen molar-refractivity contribution >= 4 is 11.8 Å². The van der Waals surface area contributed by atoms with Crippen molar-refractivity contribution in [2.75, 3.05) is 13.1 Å². The topological polar surface area (TPSA) is 66.4 Å². The smallest absolute Gasteiger partial charge is 0.335 e. The van der Waals surface area contributed by atoms with Gasteiger partial charge in [0.15, 0.2) is 0 Å². The Morgan fingerprint density at radius 2 is 1.82 bits per heavy atom. The number of ketones is 1. The van der Waals surface area contributed by atoms with E-state index in [4.69, 9.17) is 5.11 Å². The summed E-state index contributed by atoms with van der Waals surface area (Å²) in [5, 5.41) is 11.7. The molecule has 1 saturated heterocycles. The van der Waals surface area contributed by atoms with Crippen LogP contribution in [0.2, 0.25) is 0 Å². The predicted molar refractivity (Wildman–Crippen MR) is 65.2 cm³/mol. The summed E-state index contributed by atoms with van der Waals surface area (Å²) >= 11 is 0. The number of carbonyl (C=O) groups excluding carboxylic acids is 1. The molecule has 0 bridgehead atoms. The van der Waals surface area contributed by atoms with Crippen molar-refractivity contribution in [3.05, 3.63) is 35.4 Å². The van der Waals surface area contributed by atoms with Crippen molar-refractivity contribution in [3.63, 3.8) is 0 Å². The fraction of sp³-hybridized carbons (Fsp3) is 0.385. The van der Waals surface area contributed by atoms with Gasteiger partial charge in [0.05, 0.1) is 5.56 Å². The van der Waals surface area contributed by atoms with Crippen molar-refractivity contribution in [2.45, 2.75) is 19.8 Å². The number of Topliss-reactive ketones (excluding diaryl/α,β-unsaturated/α-hetero) is 1. The first-order valence-electron chi connectivity index (χ1n) is 5.62. The summed E-state index contributed by atoms with van der Waals surface area (Å²) < 4.78 is 0. The molecule has 2 rings (SSSR count). The molecule has 1 aromatic rings. The highest BCUT2D eigenvalue weighted by Crippen LogP contribution is 2.05. The van der Waals surface area contributed by atoms with Crippen LogP contribution in [0.3, 0.4) is 0 Å². The van der Waals surface area contributed by atoms with Gasteiger partial charge in [-0.15, -0.1) is 0 Å². The Labute approximate surface area is 101 Å². The maximum absolute atomic E-state index is 10.4. The highest BCUT2D eigenvalue weighted by atomic mass is 16.4. The summed E-state index contributed by atoms with van der Waals surface area (Å²) in [6.45, 7) is 3.56. The average Bonchev–Trinajstić information content (AvgIpc) is 2.31. The number of piperidine rings is 1. The van der Waals surface area contributed by atoms with Crippen LogP contribution in [0.1, 0.15) is 28.8 Å². The molecule has 17 heavy (non-hydrogen) atoms. The lowest BCUT2D eigenvalue weighted by atomic mass is 10.1. The maximum atomic E-state index is 10.4. The van der Waals surface area contributed by atoms with E-state index in [1.165, 1.54) is 0 Å². The highest BCUT2D eigenvalue weighted by molar-refractivity contribution is 5.89. The van der Waals surface area contributed by atoms with Gasteiger partial charge in [0.25, 0.3) is 0 Å². The Morgan fingerprint density at radius 3 is 2.18 bits per heavy atom. The van der Waals surface area contributed by atoms with Gasteiger partial charge in [-0.25, -0.2) is 4.79 Å². The Bertz CT molecular complexity index is 393. The molecule has 0 atom stereocenters. The lowest BCUT2D eigenvalue weighted by molar-refractivity contribution is -0.119. The molecule has 0 radical (unpaired) electrons. The van der Waals surface area contributed by atoms with E-state index < -0.39 is 5.97 Å².